The van der Waals surface area contributed by atoms with Crippen LogP contribution < -0.4 is 5.32 Å². The van der Waals surface area contributed by atoms with Crippen molar-refractivity contribution in [3.8, 4) is 0 Å². The molecule has 22 heavy (non-hydrogen) atoms. The second-order valence-electron chi connectivity index (χ2n) is 4.57. The van der Waals surface area contributed by atoms with Gasteiger partial charge < -0.3 is 5.32 Å². The maximum absolute atomic E-state index is 13.2. The molecule has 0 saturated heterocycles. The topological polar surface area (TPSA) is 54.9 Å². The van der Waals surface area contributed by atoms with E-state index in [1.807, 2.05) is 0 Å². The highest BCUT2D eigenvalue weighted by atomic mass is 19.4. The maximum atomic E-state index is 13.2. The number of amides is 1. The Morgan fingerprint density at radius 3 is 2.55 bits per heavy atom. The van der Waals surface area contributed by atoms with Gasteiger partial charge in [0.15, 0.2) is 0 Å². The van der Waals surface area contributed by atoms with E-state index >= 15 is 0 Å². The van der Waals surface area contributed by atoms with Crippen molar-refractivity contribution in [2.75, 3.05) is 0 Å². The van der Waals surface area contributed by atoms with Crippen LogP contribution in [0.25, 0.3) is 0 Å². The number of nitrogens with zero attached hydrogens (tertiary/aromatic N) is 2. The van der Waals surface area contributed by atoms with Gasteiger partial charge >= 0.3 is 6.18 Å². The van der Waals surface area contributed by atoms with E-state index in [0.29, 0.717) is 11.8 Å². The van der Waals surface area contributed by atoms with Crippen LogP contribution in [0.4, 0.5) is 17.6 Å². The third-order valence-electron chi connectivity index (χ3n) is 2.77. The number of hydrogen-bond acceptors (Lipinski definition) is 3. The van der Waals surface area contributed by atoms with E-state index in [0.717, 1.165) is 12.1 Å². The summed E-state index contributed by atoms with van der Waals surface area (Å²) in [4.78, 5) is 19.4. The quantitative estimate of drug-likeness (QED) is 0.887. The van der Waals surface area contributed by atoms with E-state index in [1.165, 1.54) is 12.4 Å². The average molecular weight is 313 g/mol. The zero-order chi connectivity index (χ0) is 16.3. The van der Waals surface area contributed by atoms with Gasteiger partial charge in [0.2, 0.25) is 0 Å². The Labute approximate surface area is 123 Å². The van der Waals surface area contributed by atoms with Crippen LogP contribution in [0, 0.1) is 12.7 Å². The maximum Gasteiger partial charge on any atom is 0.416 e. The molecule has 1 amide bonds. The molecule has 0 spiro atoms. The van der Waals surface area contributed by atoms with Crippen LogP contribution in [0.15, 0.2) is 30.6 Å². The molecular formula is C14H11F4N3O. The Bertz CT molecular complexity index is 701. The Hall–Kier alpha value is -2.51. The molecule has 0 aliphatic heterocycles. The van der Waals surface area contributed by atoms with Crippen molar-refractivity contribution in [2.24, 2.45) is 0 Å². The van der Waals surface area contributed by atoms with E-state index in [2.05, 4.69) is 15.3 Å². The van der Waals surface area contributed by atoms with Gasteiger partial charge in [-0.1, -0.05) is 0 Å². The van der Waals surface area contributed by atoms with Gasteiger partial charge in [-0.05, 0) is 36.8 Å². The van der Waals surface area contributed by atoms with E-state index in [9.17, 15) is 22.4 Å². The molecule has 1 heterocycles. The largest absolute Gasteiger partial charge is 0.416 e. The number of benzene rings is 1. The van der Waals surface area contributed by atoms with Crippen molar-refractivity contribution in [2.45, 2.75) is 19.6 Å². The monoisotopic (exact) mass is 313 g/mol. The number of hydrogen-bond donors (Lipinski definition) is 1. The lowest BCUT2D eigenvalue weighted by Crippen LogP contribution is -2.24. The summed E-state index contributed by atoms with van der Waals surface area (Å²) in [5, 5.41) is 2.39. The van der Waals surface area contributed by atoms with E-state index < -0.39 is 23.5 Å². The Kier molecular flexibility index (Phi) is 4.39. The minimum Gasteiger partial charge on any atom is -0.347 e. The van der Waals surface area contributed by atoms with Crippen LogP contribution in [-0.4, -0.2) is 15.9 Å². The minimum absolute atomic E-state index is 0.00598. The van der Waals surface area contributed by atoms with Gasteiger partial charge in [-0.25, -0.2) is 14.4 Å². The number of aryl methyl sites for hydroxylation is 1. The molecule has 8 heteroatoms. The van der Waals surface area contributed by atoms with Crippen molar-refractivity contribution in [3.05, 3.63) is 58.9 Å². The Morgan fingerprint density at radius 1 is 1.18 bits per heavy atom. The summed E-state index contributed by atoms with van der Waals surface area (Å²) in [5.74, 6) is -1.60. The van der Waals surface area contributed by atoms with Gasteiger partial charge in [0.05, 0.1) is 5.56 Å². The van der Waals surface area contributed by atoms with Gasteiger partial charge in [-0.3, -0.25) is 4.79 Å². The van der Waals surface area contributed by atoms with Gasteiger partial charge in [0.1, 0.15) is 17.8 Å². The predicted octanol–water partition coefficient (Wildman–Crippen LogP) is 2.87. The normalized spacial score (nSPS) is 11.3. The first-order valence-electron chi connectivity index (χ1n) is 6.19. The van der Waals surface area contributed by atoms with Gasteiger partial charge in [0.25, 0.3) is 5.91 Å². The number of aromatic nitrogens is 2. The smallest absolute Gasteiger partial charge is 0.347 e. The molecule has 0 fully saturated rings. The summed E-state index contributed by atoms with van der Waals surface area (Å²) in [6.07, 6.45) is -3.45. The second-order valence-corrected chi connectivity index (χ2v) is 4.57. The van der Waals surface area contributed by atoms with Crippen LogP contribution in [0.3, 0.4) is 0 Å². The molecule has 0 bridgehead atoms. The van der Waals surface area contributed by atoms with Crippen LogP contribution in [-0.2, 0) is 12.7 Å². The van der Waals surface area contributed by atoms with Crippen LogP contribution in [0.2, 0.25) is 0 Å². The molecule has 116 valence electrons. The van der Waals surface area contributed by atoms with Gasteiger partial charge in [-0.2, -0.15) is 13.2 Å². The zero-order valence-corrected chi connectivity index (χ0v) is 11.4. The molecule has 0 aliphatic carbocycles. The van der Waals surface area contributed by atoms with E-state index in [-0.39, 0.29) is 17.8 Å². The van der Waals surface area contributed by atoms with Crippen LogP contribution in [0.5, 0.6) is 0 Å². The molecular weight excluding hydrogens is 302 g/mol. The van der Waals surface area contributed by atoms with Crippen molar-refractivity contribution < 1.29 is 22.4 Å². The second kappa shape index (κ2) is 6.08. The molecule has 0 radical (unpaired) electrons. The first-order valence-corrected chi connectivity index (χ1v) is 6.19. The lowest BCUT2D eigenvalue weighted by molar-refractivity contribution is -0.137. The van der Waals surface area contributed by atoms with Crippen LogP contribution in [0.1, 0.15) is 27.3 Å². The SMILES string of the molecule is Cc1cc(C(=O)NCc2cc(F)cc(C(F)(F)F)c2)ncn1. The molecule has 0 atom stereocenters. The number of rotatable bonds is 3. The third-order valence-corrected chi connectivity index (χ3v) is 2.77. The lowest BCUT2D eigenvalue weighted by Gasteiger charge is -2.10. The zero-order valence-electron chi connectivity index (χ0n) is 11.4. The van der Waals surface area contributed by atoms with Crippen molar-refractivity contribution >= 4 is 5.91 Å². The average Bonchev–Trinajstić information content (AvgIpc) is 2.43. The van der Waals surface area contributed by atoms with E-state index in [1.54, 1.807) is 6.92 Å². The number of carbonyl (C=O) groups is 1. The summed E-state index contributed by atoms with van der Waals surface area (Å²) in [6, 6.07) is 3.55. The summed E-state index contributed by atoms with van der Waals surface area (Å²) >= 11 is 0. The highest BCUT2D eigenvalue weighted by molar-refractivity contribution is 5.92. The lowest BCUT2D eigenvalue weighted by atomic mass is 10.1. The molecule has 1 aromatic carbocycles. The molecule has 1 N–H and O–H groups in total. The highest BCUT2D eigenvalue weighted by Gasteiger charge is 2.31. The fourth-order valence-corrected chi connectivity index (χ4v) is 1.77. The molecule has 4 nitrogen and oxygen atoms in total. The molecule has 0 unspecified atom stereocenters. The first-order chi connectivity index (χ1) is 10.3. The summed E-state index contributed by atoms with van der Waals surface area (Å²) in [5.41, 5.74) is -0.439. The van der Waals surface area contributed by atoms with E-state index in [4.69, 9.17) is 0 Å². The van der Waals surface area contributed by atoms with Crippen molar-refractivity contribution in [1.82, 2.24) is 15.3 Å². The van der Waals surface area contributed by atoms with Crippen molar-refractivity contribution in [3.63, 3.8) is 0 Å². The summed E-state index contributed by atoms with van der Waals surface area (Å²) in [7, 11) is 0. The molecule has 0 saturated carbocycles. The summed E-state index contributed by atoms with van der Waals surface area (Å²) < 4.78 is 51.0. The fraction of sp³-hybridized carbons (Fsp3) is 0.214. The molecule has 0 aliphatic rings. The number of carbonyl (C=O) groups excluding carboxylic acids is 1. The molecule has 2 rings (SSSR count). The Balaban J connectivity index is 2.12. The van der Waals surface area contributed by atoms with Gasteiger partial charge in [0, 0.05) is 12.2 Å². The third kappa shape index (κ3) is 4.00. The molecule has 1 aromatic heterocycles. The number of halogens is 4. The number of nitrogens with one attached hydrogen (secondary N) is 1. The summed E-state index contributed by atoms with van der Waals surface area (Å²) in [6.45, 7) is 1.42. The highest BCUT2D eigenvalue weighted by Crippen LogP contribution is 2.30. The van der Waals surface area contributed by atoms with Gasteiger partial charge in [-0.15, -0.1) is 0 Å². The standard InChI is InChI=1S/C14H11F4N3O/c1-8-2-12(21-7-20-8)13(22)19-6-9-3-10(14(16,17)18)5-11(15)4-9/h2-5,7H,6H2,1H3,(H,19,22). The predicted molar refractivity (Wildman–Crippen MR) is 69.3 cm³/mol. The van der Waals surface area contributed by atoms with Crippen molar-refractivity contribution in [1.29, 1.82) is 0 Å². The van der Waals surface area contributed by atoms with Crippen LogP contribution >= 0.6 is 0 Å². The Morgan fingerprint density at radius 2 is 1.91 bits per heavy atom. The minimum atomic E-state index is -4.65. The first kappa shape index (κ1) is 15.9. The molecule has 2 aromatic rings. The fourth-order valence-electron chi connectivity index (χ4n) is 1.77. The number of alkyl halides is 3.